The number of hydrogen-bond acceptors (Lipinski definition) is 2. The highest BCUT2D eigenvalue weighted by molar-refractivity contribution is 5.88. The van der Waals surface area contributed by atoms with Crippen LogP contribution >= 0.6 is 0 Å². The largest absolute Gasteiger partial charge is 0.312 e. The van der Waals surface area contributed by atoms with E-state index < -0.39 is 0 Å². The monoisotopic (exact) mass is 275 g/mol. The van der Waals surface area contributed by atoms with Crippen molar-refractivity contribution in [1.29, 1.82) is 0 Å². The summed E-state index contributed by atoms with van der Waals surface area (Å²) in [5.41, 5.74) is 3.39. The van der Waals surface area contributed by atoms with Gasteiger partial charge in [0.15, 0.2) is 0 Å². The van der Waals surface area contributed by atoms with Gasteiger partial charge in [0, 0.05) is 5.41 Å². The molecule has 112 valence electrons. The van der Waals surface area contributed by atoms with Crippen LogP contribution in [0.15, 0.2) is 4.99 Å². The van der Waals surface area contributed by atoms with Gasteiger partial charge in [-0.1, -0.05) is 19.3 Å². The van der Waals surface area contributed by atoms with Crippen molar-refractivity contribution in [1.82, 2.24) is 5.43 Å². The van der Waals surface area contributed by atoms with Gasteiger partial charge in [-0.3, -0.25) is 4.99 Å². The van der Waals surface area contributed by atoms with Gasteiger partial charge in [0.25, 0.3) is 0 Å². The summed E-state index contributed by atoms with van der Waals surface area (Å²) >= 11 is 0. The molecule has 5 saturated carbocycles. The van der Waals surface area contributed by atoms with E-state index in [-0.39, 0.29) is 0 Å². The molecule has 5 aliphatic carbocycles. The number of nitrogens with one attached hydrogen (secondary N) is 1. The Morgan fingerprint density at radius 1 is 0.900 bits per heavy atom. The predicted octanol–water partition coefficient (Wildman–Crippen LogP) is 3.40. The molecule has 3 N–H and O–H groups in total. The quantitative estimate of drug-likeness (QED) is 0.351. The molecule has 0 amide bonds. The highest BCUT2D eigenvalue weighted by Gasteiger charge is 2.53. The Hall–Kier alpha value is -0.570. The van der Waals surface area contributed by atoms with Crippen LogP contribution in [-0.2, 0) is 0 Å². The Morgan fingerprint density at radius 2 is 1.45 bits per heavy atom. The van der Waals surface area contributed by atoms with Gasteiger partial charge in [-0.2, -0.15) is 0 Å². The van der Waals surface area contributed by atoms with E-state index in [1.165, 1.54) is 76.5 Å². The Morgan fingerprint density at radius 3 is 1.95 bits per heavy atom. The fourth-order valence-corrected chi connectivity index (χ4v) is 6.12. The molecule has 5 rings (SSSR count). The van der Waals surface area contributed by atoms with Crippen LogP contribution in [0.25, 0.3) is 0 Å². The smallest absolute Gasteiger partial charge is 0.117 e. The van der Waals surface area contributed by atoms with E-state index in [4.69, 9.17) is 10.8 Å². The lowest BCUT2D eigenvalue weighted by atomic mass is 9.49. The van der Waals surface area contributed by atoms with E-state index in [0.717, 1.165) is 17.8 Å². The standard InChI is InChI=1S/C17H29N3/c18-20-16(19-15-4-2-1-3-5-15)17-9-12-6-13(10-17)8-14(7-12)11-17/h12-15H,1-11,18H2,(H,19,20). The molecule has 3 nitrogen and oxygen atoms in total. The molecule has 0 heterocycles. The molecule has 3 heteroatoms. The van der Waals surface area contributed by atoms with Gasteiger partial charge in [-0.25, -0.2) is 5.84 Å². The van der Waals surface area contributed by atoms with Crippen molar-refractivity contribution in [3.8, 4) is 0 Å². The van der Waals surface area contributed by atoms with Gasteiger partial charge in [-0.15, -0.1) is 0 Å². The fourth-order valence-electron chi connectivity index (χ4n) is 6.12. The number of nitrogens with zero attached hydrogens (tertiary/aromatic N) is 1. The van der Waals surface area contributed by atoms with Crippen LogP contribution in [0, 0.1) is 23.2 Å². The van der Waals surface area contributed by atoms with Crippen molar-refractivity contribution in [2.24, 2.45) is 34.0 Å². The first kappa shape index (κ1) is 13.1. The molecule has 0 aromatic rings. The lowest BCUT2D eigenvalue weighted by Gasteiger charge is -2.56. The number of hydrazine groups is 1. The molecule has 0 atom stereocenters. The minimum absolute atomic E-state index is 0.334. The van der Waals surface area contributed by atoms with E-state index in [1.807, 2.05) is 0 Å². The van der Waals surface area contributed by atoms with E-state index in [2.05, 4.69) is 5.43 Å². The Kier molecular flexibility index (Phi) is 3.29. The second kappa shape index (κ2) is 5.01. The second-order valence-corrected chi connectivity index (χ2v) is 8.11. The highest BCUT2D eigenvalue weighted by atomic mass is 15.3. The molecule has 0 spiro atoms. The number of nitrogens with two attached hydrogens (primary N) is 1. The predicted molar refractivity (Wildman–Crippen MR) is 82.2 cm³/mol. The zero-order valence-electron chi connectivity index (χ0n) is 12.6. The maximum atomic E-state index is 5.93. The van der Waals surface area contributed by atoms with Gasteiger partial charge in [0.2, 0.25) is 0 Å². The Balaban J connectivity index is 1.58. The summed E-state index contributed by atoms with van der Waals surface area (Å²) < 4.78 is 0. The number of amidine groups is 1. The van der Waals surface area contributed by atoms with Crippen LogP contribution in [0.1, 0.15) is 70.6 Å². The van der Waals surface area contributed by atoms with Gasteiger partial charge >= 0.3 is 0 Å². The van der Waals surface area contributed by atoms with Gasteiger partial charge in [0.05, 0.1) is 6.04 Å². The van der Waals surface area contributed by atoms with Gasteiger partial charge < -0.3 is 5.43 Å². The molecule has 4 bridgehead atoms. The Bertz CT molecular complexity index is 360. The zero-order chi connectivity index (χ0) is 13.6. The molecular formula is C17H29N3. The Labute approximate surface area is 122 Å². The summed E-state index contributed by atoms with van der Waals surface area (Å²) in [6.07, 6.45) is 15.2. The van der Waals surface area contributed by atoms with E-state index >= 15 is 0 Å². The molecule has 20 heavy (non-hydrogen) atoms. The molecule has 0 aromatic carbocycles. The summed E-state index contributed by atoms with van der Waals surface area (Å²) in [6, 6.07) is 0.544. The molecule has 0 unspecified atom stereocenters. The second-order valence-electron chi connectivity index (χ2n) is 8.11. The van der Waals surface area contributed by atoms with Crippen molar-refractivity contribution in [3.05, 3.63) is 0 Å². The lowest BCUT2D eigenvalue weighted by Crippen LogP contribution is -2.55. The SMILES string of the molecule is NNC(=NC1CCCCC1)C12CC3CC(CC(C3)C1)C2. The van der Waals surface area contributed by atoms with Crippen molar-refractivity contribution in [2.75, 3.05) is 0 Å². The normalized spacial score (nSPS) is 44.9. The summed E-state index contributed by atoms with van der Waals surface area (Å²) in [5, 5.41) is 0. The molecule has 0 saturated heterocycles. The molecule has 5 fully saturated rings. The average molecular weight is 275 g/mol. The first-order valence-corrected chi connectivity index (χ1v) is 8.82. The third-order valence-corrected chi connectivity index (χ3v) is 6.56. The van der Waals surface area contributed by atoms with Crippen molar-refractivity contribution < 1.29 is 0 Å². The highest BCUT2D eigenvalue weighted by Crippen LogP contribution is 2.60. The van der Waals surface area contributed by atoms with Crippen LogP contribution in [0.2, 0.25) is 0 Å². The van der Waals surface area contributed by atoms with E-state index in [9.17, 15) is 0 Å². The van der Waals surface area contributed by atoms with Crippen LogP contribution in [0.4, 0.5) is 0 Å². The van der Waals surface area contributed by atoms with Gasteiger partial charge in [-0.05, 0) is 69.1 Å². The zero-order valence-corrected chi connectivity index (χ0v) is 12.6. The number of aliphatic imine (C=N–C) groups is 1. The molecule has 0 aliphatic heterocycles. The lowest BCUT2D eigenvalue weighted by molar-refractivity contribution is -0.0144. The van der Waals surface area contributed by atoms with Gasteiger partial charge in [0.1, 0.15) is 5.84 Å². The maximum Gasteiger partial charge on any atom is 0.117 e. The van der Waals surface area contributed by atoms with Crippen LogP contribution in [0.5, 0.6) is 0 Å². The van der Waals surface area contributed by atoms with Crippen LogP contribution in [0.3, 0.4) is 0 Å². The minimum atomic E-state index is 0.334. The number of hydrogen-bond donors (Lipinski definition) is 2. The first-order chi connectivity index (χ1) is 9.77. The fraction of sp³-hybridized carbons (Fsp3) is 0.941. The van der Waals surface area contributed by atoms with Crippen molar-refractivity contribution in [3.63, 3.8) is 0 Å². The summed E-state index contributed by atoms with van der Waals surface area (Å²) in [7, 11) is 0. The molecular weight excluding hydrogens is 246 g/mol. The molecule has 5 aliphatic rings. The number of rotatable bonds is 2. The van der Waals surface area contributed by atoms with Crippen molar-refractivity contribution in [2.45, 2.75) is 76.7 Å². The first-order valence-electron chi connectivity index (χ1n) is 8.82. The topological polar surface area (TPSA) is 50.4 Å². The average Bonchev–Trinajstić information content (AvgIpc) is 2.44. The summed E-state index contributed by atoms with van der Waals surface area (Å²) in [4.78, 5) is 5.12. The molecule has 0 aromatic heterocycles. The van der Waals surface area contributed by atoms with Crippen LogP contribution < -0.4 is 11.3 Å². The third-order valence-electron chi connectivity index (χ3n) is 6.56. The van der Waals surface area contributed by atoms with Crippen LogP contribution in [-0.4, -0.2) is 11.9 Å². The third kappa shape index (κ3) is 2.18. The van der Waals surface area contributed by atoms with E-state index in [1.54, 1.807) is 0 Å². The maximum absolute atomic E-state index is 5.93. The summed E-state index contributed by atoms with van der Waals surface area (Å²) in [5.74, 6) is 10.0. The summed E-state index contributed by atoms with van der Waals surface area (Å²) in [6.45, 7) is 0. The van der Waals surface area contributed by atoms with Crippen molar-refractivity contribution >= 4 is 5.84 Å². The molecule has 0 radical (unpaired) electrons. The van der Waals surface area contributed by atoms with E-state index in [0.29, 0.717) is 11.5 Å². The minimum Gasteiger partial charge on any atom is -0.312 e.